The van der Waals surface area contributed by atoms with Gasteiger partial charge in [-0.25, -0.2) is 0 Å². The lowest BCUT2D eigenvalue weighted by Crippen LogP contribution is 0.845. The molecule has 0 aliphatic carbocycles. The van der Waals surface area contributed by atoms with E-state index < -0.39 is 0 Å². The average molecular weight is 600 g/mol. The van der Waals surface area contributed by atoms with Gasteiger partial charge < -0.3 is 0 Å². The number of rotatable bonds is 0. The zero-order valence-corrected chi connectivity index (χ0v) is 17.0. The molecular formula is H10Br7P. The molecule has 0 amide bonds. The van der Waals surface area contributed by atoms with E-state index in [0.29, 0.717) is 0 Å². The zero-order chi connectivity index (χ0) is 0. The Morgan fingerprint density at radius 1 is 0.250 bits per heavy atom. The van der Waals surface area contributed by atoms with Crippen LogP contribution >= 0.6 is 129 Å². The van der Waals surface area contributed by atoms with Crippen LogP contribution in [0.5, 0.6) is 0 Å². The van der Waals surface area contributed by atoms with E-state index in [2.05, 4.69) is 0 Å². The van der Waals surface area contributed by atoms with Gasteiger partial charge in [-0.3, -0.25) is 0 Å². The summed E-state index contributed by atoms with van der Waals surface area (Å²) in [5.74, 6) is 0. The normalized spacial score (nSPS) is 0. The van der Waals surface area contributed by atoms with Crippen LogP contribution in [0.15, 0.2) is 0 Å². The predicted molar refractivity (Wildman–Crippen MR) is 83.4 cm³/mol. The molecule has 0 spiro atoms. The second-order valence-electron chi connectivity index (χ2n) is 0. The Morgan fingerprint density at radius 2 is 0.250 bits per heavy atom. The van der Waals surface area contributed by atoms with Gasteiger partial charge in [0, 0.05) is 0 Å². The molecule has 0 saturated heterocycles. The maximum atomic E-state index is 0. The molecule has 0 radical (unpaired) electrons. The molecule has 0 aromatic carbocycles. The van der Waals surface area contributed by atoms with Gasteiger partial charge in [-0.05, 0) is 0 Å². The number of hydrogen-bond acceptors (Lipinski definition) is 0. The summed E-state index contributed by atoms with van der Waals surface area (Å²) >= 11 is 0. The van der Waals surface area contributed by atoms with Gasteiger partial charge in [-0.15, -0.1) is 119 Å². The molecular weight excluding hydrogens is 590 g/mol. The van der Waals surface area contributed by atoms with Crippen LogP contribution in [-0.2, 0) is 0 Å². The highest BCUT2D eigenvalue weighted by Gasteiger charge is -0.107. The lowest BCUT2D eigenvalue weighted by molar-refractivity contribution is 6.92. The van der Waals surface area contributed by atoms with Crippen molar-refractivity contribution in [1.82, 2.24) is 0 Å². The van der Waals surface area contributed by atoms with Crippen molar-refractivity contribution in [1.29, 1.82) is 0 Å². The van der Waals surface area contributed by atoms with Gasteiger partial charge in [0.2, 0.25) is 0 Å². The lowest BCUT2D eigenvalue weighted by atomic mass is 31.0. The van der Waals surface area contributed by atoms with Gasteiger partial charge in [0.05, 0.1) is 0 Å². The fourth-order valence-electron chi connectivity index (χ4n) is 0. The summed E-state index contributed by atoms with van der Waals surface area (Å²) in [6, 6.07) is 0. The van der Waals surface area contributed by atoms with Crippen LogP contribution in [0.1, 0.15) is 0 Å². The highest BCUT2D eigenvalue weighted by atomic mass is 79.9. The highest BCUT2D eigenvalue weighted by molar-refractivity contribution is 8.93. The van der Waals surface area contributed by atoms with Crippen molar-refractivity contribution in [2.24, 2.45) is 0 Å². The Labute approximate surface area is 127 Å². The zero-order valence-electron chi connectivity index (χ0n) is 3.56. The van der Waals surface area contributed by atoms with Crippen LogP contribution in [0.3, 0.4) is 0 Å². The van der Waals surface area contributed by atoms with Gasteiger partial charge in [0.1, 0.15) is 0 Å². The Morgan fingerprint density at radius 3 is 0.250 bits per heavy atom. The average Bonchev–Trinajstić information content (AvgIpc) is 0. The summed E-state index contributed by atoms with van der Waals surface area (Å²) < 4.78 is 0. The second kappa shape index (κ2) is 72.0. The minimum Gasteiger partial charge on any atom is -0.153 e. The van der Waals surface area contributed by atoms with Gasteiger partial charge in [0.15, 0.2) is 0 Å². The summed E-state index contributed by atoms with van der Waals surface area (Å²) in [6.07, 6.45) is 0. The Bertz CT molecular complexity index is 4.35. The summed E-state index contributed by atoms with van der Waals surface area (Å²) in [5.41, 5.74) is 0. The van der Waals surface area contributed by atoms with E-state index in [1.165, 1.54) is 0 Å². The first-order valence-corrected chi connectivity index (χ1v) is 0. The first kappa shape index (κ1) is 95.6. The van der Waals surface area contributed by atoms with E-state index >= 15 is 0 Å². The fraction of sp³-hybridized carbons (Fsp3) is 0. The van der Waals surface area contributed by atoms with Crippen molar-refractivity contribution in [2.75, 3.05) is 0 Å². The minimum atomic E-state index is 0. The number of hydrogen-bond donors (Lipinski definition) is 0. The summed E-state index contributed by atoms with van der Waals surface area (Å²) in [5, 5.41) is 0. The first-order valence-electron chi connectivity index (χ1n) is 0. The third-order valence-corrected chi connectivity index (χ3v) is 0. The van der Waals surface area contributed by atoms with Crippen LogP contribution in [0.4, 0.5) is 0 Å². The molecule has 0 saturated carbocycles. The number of halogens is 7. The maximum absolute atomic E-state index is 0. The molecule has 0 rings (SSSR count). The van der Waals surface area contributed by atoms with Gasteiger partial charge in [-0.2, -0.15) is 9.90 Å². The molecule has 1 atom stereocenters. The summed E-state index contributed by atoms with van der Waals surface area (Å²) in [4.78, 5) is 0. The van der Waals surface area contributed by atoms with Crippen molar-refractivity contribution in [2.45, 2.75) is 0 Å². The second-order valence-corrected chi connectivity index (χ2v) is 0. The van der Waals surface area contributed by atoms with Crippen LogP contribution in [0.2, 0.25) is 0 Å². The quantitative estimate of drug-likeness (QED) is 0.368. The van der Waals surface area contributed by atoms with Crippen LogP contribution in [0.25, 0.3) is 0 Å². The van der Waals surface area contributed by atoms with Crippen LogP contribution < -0.4 is 0 Å². The standard InChI is InChI=1S/7BrH.H3P/h7*1H;1H3. The molecule has 0 aliphatic rings. The molecule has 64 valence electrons. The molecule has 1 unspecified atom stereocenters. The summed E-state index contributed by atoms with van der Waals surface area (Å²) in [6.45, 7) is 0. The molecule has 0 aliphatic heterocycles. The Kier molecular flexibility index (Phi) is 860. The summed E-state index contributed by atoms with van der Waals surface area (Å²) in [7, 11) is 0. The van der Waals surface area contributed by atoms with Crippen molar-refractivity contribution in [3.63, 3.8) is 0 Å². The highest BCUT2D eigenvalue weighted by Crippen LogP contribution is 0.862. The SMILES string of the molecule is Br.Br.Br.Br.Br.Br.Br.P. The maximum Gasteiger partial charge on any atom is -0.114 e. The lowest BCUT2D eigenvalue weighted by Gasteiger charge is -0.154. The van der Waals surface area contributed by atoms with E-state index in [1.54, 1.807) is 0 Å². The first-order chi connectivity index (χ1) is 0. The van der Waals surface area contributed by atoms with E-state index in [-0.39, 0.29) is 129 Å². The molecule has 0 fully saturated rings. The van der Waals surface area contributed by atoms with Gasteiger partial charge in [0.25, 0.3) is 0 Å². The van der Waals surface area contributed by atoms with Crippen LogP contribution in [-0.4, -0.2) is 0 Å². The van der Waals surface area contributed by atoms with Gasteiger partial charge >= 0.3 is 0 Å². The molecule has 8 heavy (non-hydrogen) atoms. The van der Waals surface area contributed by atoms with E-state index in [9.17, 15) is 0 Å². The smallest absolute Gasteiger partial charge is 0.114 e. The van der Waals surface area contributed by atoms with E-state index in [4.69, 9.17) is 0 Å². The van der Waals surface area contributed by atoms with Crippen molar-refractivity contribution >= 4 is 129 Å². The van der Waals surface area contributed by atoms with E-state index in [0.717, 1.165) is 0 Å². The van der Waals surface area contributed by atoms with Crippen molar-refractivity contribution in [3.05, 3.63) is 0 Å². The predicted octanol–water partition coefficient (Wildman–Crippen LogP) is 4.10. The molecule has 0 bridgehead atoms. The molecule has 0 aromatic heterocycles. The topological polar surface area (TPSA) is 0 Å². The largest absolute Gasteiger partial charge is 0.153 e. The van der Waals surface area contributed by atoms with Crippen molar-refractivity contribution < 1.29 is 0 Å². The molecule has 0 nitrogen and oxygen atoms in total. The molecule has 0 heterocycles. The molecule has 8 heteroatoms. The Balaban J connectivity index is 0. The third-order valence-electron chi connectivity index (χ3n) is 0. The van der Waals surface area contributed by atoms with Crippen LogP contribution in [0, 0.1) is 0 Å². The molecule has 0 N–H and O–H groups in total. The van der Waals surface area contributed by atoms with Gasteiger partial charge in [-0.1, -0.05) is 0 Å². The van der Waals surface area contributed by atoms with E-state index in [1.807, 2.05) is 0 Å². The third kappa shape index (κ3) is 52.7. The Hall–Kier alpha value is 3.79. The monoisotopic (exact) mass is 593 g/mol. The fourth-order valence-corrected chi connectivity index (χ4v) is 0. The minimum absolute atomic E-state index is 0. The molecule has 0 aromatic rings. The van der Waals surface area contributed by atoms with Crippen molar-refractivity contribution in [3.8, 4) is 0 Å².